The smallest absolute Gasteiger partial charge is 0.347 e. The number of hydrogen-bond donors (Lipinski definition) is 1. The molecule has 1 aliphatic heterocycles. The molecule has 1 N–H and O–H groups in total. The number of halogens is 2. The van der Waals surface area contributed by atoms with Crippen LogP contribution in [0.5, 0.6) is 5.75 Å². The van der Waals surface area contributed by atoms with E-state index in [0.29, 0.717) is 5.75 Å². The number of carboxylic acid groups (broad SMARTS) is 1. The molecule has 0 fully saturated rings. The maximum Gasteiger partial charge on any atom is 0.347 e. The number of aliphatic carboxylic acids is 1. The number of aryl methyl sites for hydroxylation is 1. The van der Waals surface area contributed by atoms with Crippen LogP contribution in [0.2, 0.25) is 0 Å². The summed E-state index contributed by atoms with van der Waals surface area (Å²) in [5.41, 5.74) is 3.38. The second-order valence-corrected chi connectivity index (χ2v) is 10.9. The largest absolute Gasteiger partial charge is 0.478 e. The Hall–Kier alpha value is -2.77. The molecule has 1 aliphatic rings. The Labute approximate surface area is 209 Å². The van der Waals surface area contributed by atoms with Crippen LogP contribution in [0.1, 0.15) is 47.9 Å². The molecule has 2 heterocycles. The summed E-state index contributed by atoms with van der Waals surface area (Å²) >= 11 is 1.72. The minimum absolute atomic E-state index is 0.0268. The Bertz CT molecular complexity index is 1210. The highest BCUT2D eigenvalue weighted by Crippen LogP contribution is 2.35. The van der Waals surface area contributed by atoms with Crippen molar-refractivity contribution in [2.45, 2.75) is 58.6 Å². The number of carboxylic acids is 1. The third-order valence-electron chi connectivity index (χ3n) is 6.52. The van der Waals surface area contributed by atoms with E-state index in [1.165, 1.54) is 33.7 Å². The van der Waals surface area contributed by atoms with Crippen molar-refractivity contribution in [3.63, 3.8) is 0 Å². The average molecular weight is 500 g/mol. The summed E-state index contributed by atoms with van der Waals surface area (Å²) in [6.07, 6.45) is 1.78. The lowest BCUT2D eigenvalue weighted by atomic mass is 10.0. The molecule has 4 rings (SSSR count). The molecule has 0 aliphatic carbocycles. The van der Waals surface area contributed by atoms with Gasteiger partial charge in [0.15, 0.2) is 5.60 Å². The fraction of sp³-hybridized carbons (Fsp3) is 0.393. The van der Waals surface area contributed by atoms with Gasteiger partial charge in [-0.25, -0.2) is 13.6 Å². The molecule has 7 heteroatoms. The number of fused-ring (bicyclic) bond motifs is 1. The number of rotatable bonds is 7. The SMILES string of the molecule is Cc1cc(-c2ccc(C(C)(F)F)cc2)sc1CN1CCc2ccc(OC(C)(C)C(=O)O)cc2CC1. The predicted octanol–water partition coefficient (Wildman–Crippen LogP) is 6.68. The lowest BCUT2D eigenvalue weighted by Gasteiger charge is -2.22. The molecule has 0 atom stereocenters. The van der Waals surface area contributed by atoms with Gasteiger partial charge >= 0.3 is 5.97 Å². The van der Waals surface area contributed by atoms with E-state index in [0.717, 1.165) is 49.8 Å². The van der Waals surface area contributed by atoms with Gasteiger partial charge in [0.25, 0.3) is 5.92 Å². The zero-order valence-electron chi connectivity index (χ0n) is 20.5. The van der Waals surface area contributed by atoms with Crippen LogP contribution >= 0.6 is 11.3 Å². The lowest BCUT2D eigenvalue weighted by Crippen LogP contribution is -2.37. The molecule has 186 valence electrons. The van der Waals surface area contributed by atoms with Crippen LogP contribution in [-0.2, 0) is 30.1 Å². The molecule has 35 heavy (non-hydrogen) atoms. The monoisotopic (exact) mass is 499 g/mol. The second kappa shape index (κ2) is 9.70. The summed E-state index contributed by atoms with van der Waals surface area (Å²) in [5.74, 6) is -3.25. The molecule has 0 saturated carbocycles. The van der Waals surface area contributed by atoms with E-state index in [2.05, 4.69) is 17.9 Å². The number of benzene rings is 2. The highest BCUT2D eigenvalue weighted by Gasteiger charge is 2.30. The van der Waals surface area contributed by atoms with Crippen LogP contribution in [0.3, 0.4) is 0 Å². The number of thiophene rings is 1. The molecule has 3 aromatic rings. The van der Waals surface area contributed by atoms with Crippen molar-refractivity contribution in [1.29, 1.82) is 0 Å². The Morgan fingerprint density at radius 3 is 2.31 bits per heavy atom. The Balaban J connectivity index is 1.43. The molecule has 0 unspecified atom stereocenters. The van der Waals surface area contributed by atoms with Crippen molar-refractivity contribution >= 4 is 17.3 Å². The van der Waals surface area contributed by atoms with Gasteiger partial charge in [-0.15, -0.1) is 11.3 Å². The maximum atomic E-state index is 13.5. The second-order valence-electron chi connectivity index (χ2n) is 9.81. The van der Waals surface area contributed by atoms with Crippen molar-refractivity contribution in [1.82, 2.24) is 4.90 Å². The number of hydrogen-bond acceptors (Lipinski definition) is 4. The molecule has 2 aromatic carbocycles. The maximum absolute atomic E-state index is 13.5. The van der Waals surface area contributed by atoms with Crippen LogP contribution in [-0.4, -0.2) is 34.7 Å². The van der Waals surface area contributed by atoms with Crippen LogP contribution in [0.25, 0.3) is 10.4 Å². The van der Waals surface area contributed by atoms with E-state index < -0.39 is 17.5 Å². The Kier molecular flexibility index (Phi) is 7.02. The summed E-state index contributed by atoms with van der Waals surface area (Å²) in [5, 5.41) is 9.34. The van der Waals surface area contributed by atoms with E-state index in [4.69, 9.17) is 4.74 Å². The van der Waals surface area contributed by atoms with E-state index in [1.54, 1.807) is 37.3 Å². The molecule has 0 bridgehead atoms. The van der Waals surface area contributed by atoms with Gasteiger partial charge in [0.05, 0.1) is 0 Å². The van der Waals surface area contributed by atoms with Crippen molar-refractivity contribution in [2.24, 2.45) is 0 Å². The van der Waals surface area contributed by atoms with Crippen LogP contribution in [0, 0.1) is 6.92 Å². The molecular formula is C28H31F2NO3S. The Morgan fingerprint density at radius 1 is 1.03 bits per heavy atom. The zero-order valence-corrected chi connectivity index (χ0v) is 21.3. The van der Waals surface area contributed by atoms with Gasteiger partial charge in [0.2, 0.25) is 0 Å². The standard InChI is InChI=1S/C28H31F2NO3S/c1-18-15-24(20-5-8-22(9-6-20)28(4,29)30)35-25(18)17-31-13-11-19-7-10-23(16-21(19)12-14-31)34-27(2,3)26(32)33/h5-10,15-16H,11-14,17H2,1-4H3,(H,32,33). The molecule has 4 nitrogen and oxygen atoms in total. The first-order valence-electron chi connectivity index (χ1n) is 11.8. The third kappa shape index (κ3) is 5.90. The van der Waals surface area contributed by atoms with E-state index in [-0.39, 0.29) is 5.56 Å². The van der Waals surface area contributed by atoms with E-state index in [1.807, 2.05) is 18.2 Å². The first-order chi connectivity index (χ1) is 16.4. The minimum atomic E-state index is -2.83. The van der Waals surface area contributed by atoms with Crippen molar-refractivity contribution in [3.8, 4) is 16.2 Å². The molecule has 1 aromatic heterocycles. The number of nitrogens with zero attached hydrogens (tertiary/aromatic N) is 1. The van der Waals surface area contributed by atoms with Crippen LogP contribution in [0.15, 0.2) is 48.5 Å². The van der Waals surface area contributed by atoms with Crippen molar-refractivity contribution in [3.05, 3.63) is 75.7 Å². The van der Waals surface area contributed by atoms with Crippen LogP contribution in [0.4, 0.5) is 8.78 Å². The van der Waals surface area contributed by atoms with Gasteiger partial charge < -0.3 is 9.84 Å². The molecule has 0 spiro atoms. The summed E-state index contributed by atoms with van der Waals surface area (Å²) in [6, 6.07) is 14.6. The summed E-state index contributed by atoms with van der Waals surface area (Å²) in [4.78, 5) is 16.2. The topological polar surface area (TPSA) is 49.8 Å². The first-order valence-corrected chi connectivity index (χ1v) is 12.6. The fourth-order valence-electron chi connectivity index (χ4n) is 4.26. The molecule has 0 saturated heterocycles. The van der Waals surface area contributed by atoms with E-state index in [9.17, 15) is 18.7 Å². The first kappa shape index (κ1) is 25.3. The summed E-state index contributed by atoms with van der Waals surface area (Å²) in [6.45, 7) is 8.78. The van der Waals surface area contributed by atoms with Gasteiger partial charge in [0, 0.05) is 41.9 Å². The molecule has 0 radical (unpaired) electrons. The molecule has 0 amide bonds. The van der Waals surface area contributed by atoms with E-state index >= 15 is 0 Å². The zero-order chi connectivity index (χ0) is 25.4. The lowest BCUT2D eigenvalue weighted by molar-refractivity contribution is -0.152. The Morgan fingerprint density at radius 2 is 1.69 bits per heavy atom. The molecular weight excluding hydrogens is 468 g/mol. The summed E-state index contributed by atoms with van der Waals surface area (Å²) in [7, 11) is 0. The quantitative estimate of drug-likeness (QED) is 0.394. The average Bonchev–Trinajstić information content (AvgIpc) is 3.03. The van der Waals surface area contributed by atoms with Gasteiger partial charge in [-0.2, -0.15) is 0 Å². The third-order valence-corrected chi connectivity index (χ3v) is 7.80. The highest BCUT2D eigenvalue weighted by atomic mass is 32.1. The van der Waals surface area contributed by atoms with Crippen molar-refractivity contribution < 1.29 is 23.4 Å². The van der Waals surface area contributed by atoms with Crippen molar-refractivity contribution in [2.75, 3.05) is 13.1 Å². The fourth-order valence-corrected chi connectivity index (χ4v) is 5.48. The number of alkyl halides is 2. The number of ether oxygens (including phenoxy) is 1. The normalized spacial score (nSPS) is 14.9. The predicted molar refractivity (Wildman–Crippen MR) is 136 cm³/mol. The number of carbonyl (C=O) groups is 1. The van der Waals surface area contributed by atoms with Gasteiger partial charge in [-0.1, -0.05) is 30.3 Å². The van der Waals surface area contributed by atoms with Crippen LogP contribution < -0.4 is 4.74 Å². The van der Waals surface area contributed by atoms with Gasteiger partial charge in [0.1, 0.15) is 5.75 Å². The van der Waals surface area contributed by atoms with Gasteiger partial charge in [-0.3, -0.25) is 4.90 Å². The minimum Gasteiger partial charge on any atom is -0.478 e. The van der Waals surface area contributed by atoms with Gasteiger partial charge in [-0.05, 0) is 74.1 Å². The highest BCUT2D eigenvalue weighted by molar-refractivity contribution is 7.15. The summed E-state index contributed by atoms with van der Waals surface area (Å²) < 4.78 is 32.8.